The Kier molecular flexibility index (Phi) is 5.60. The molecule has 0 saturated carbocycles. The van der Waals surface area contributed by atoms with Crippen LogP contribution in [0.15, 0.2) is 36.5 Å². The van der Waals surface area contributed by atoms with E-state index in [1.54, 1.807) is 39.8 Å². The number of hydrogen-bond donors (Lipinski definition) is 1. The van der Waals surface area contributed by atoms with Crippen LogP contribution in [0, 0.1) is 25.6 Å². The van der Waals surface area contributed by atoms with E-state index in [9.17, 15) is 9.18 Å². The highest BCUT2D eigenvalue weighted by atomic mass is 35.5. The molecule has 0 aliphatic rings. The van der Waals surface area contributed by atoms with Crippen LogP contribution in [-0.4, -0.2) is 25.5 Å². The van der Waals surface area contributed by atoms with Crippen molar-refractivity contribution in [2.45, 2.75) is 33.9 Å². The van der Waals surface area contributed by atoms with Gasteiger partial charge in [-0.15, -0.1) is 0 Å². The van der Waals surface area contributed by atoms with Crippen molar-refractivity contribution < 1.29 is 9.18 Å². The lowest BCUT2D eigenvalue weighted by molar-refractivity contribution is -0.119. The van der Waals surface area contributed by atoms with E-state index in [4.69, 9.17) is 11.6 Å². The van der Waals surface area contributed by atoms with Crippen LogP contribution in [0.4, 0.5) is 10.2 Å². The molecule has 3 rings (SSSR count). The Morgan fingerprint density at radius 3 is 2.67 bits per heavy atom. The predicted octanol–water partition coefficient (Wildman–Crippen LogP) is 3.81. The van der Waals surface area contributed by atoms with Crippen LogP contribution in [0.1, 0.15) is 23.9 Å². The van der Waals surface area contributed by atoms with E-state index in [0.717, 1.165) is 11.4 Å². The smallest absolute Gasteiger partial charge is 0.230 e. The molecule has 0 saturated heterocycles. The fourth-order valence-electron chi connectivity index (χ4n) is 2.76. The minimum atomic E-state index is -0.323. The summed E-state index contributed by atoms with van der Waals surface area (Å²) in [5, 5.41) is 12.0. The van der Waals surface area contributed by atoms with E-state index in [2.05, 4.69) is 15.5 Å². The Morgan fingerprint density at radius 2 is 2.00 bits per heavy atom. The number of hydrogen-bond acceptors (Lipinski definition) is 3. The molecular weight excluding hydrogens is 369 g/mol. The molecule has 2 aromatic heterocycles. The molecule has 0 spiro atoms. The zero-order chi connectivity index (χ0) is 19.6. The number of nitrogens with zero attached hydrogens (tertiary/aromatic N) is 4. The molecule has 0 fully saturated rings. The van der Waals surface area contributed by atoms with E-state index in [1.165, 1.54) is 6.07 Å². The lowest BCUT2D eigenvalue weighted by Crippen LogP contribution is -2.25. The van der Waals surface area contributed by atoms with Gasteiger partial charge in [-0.25, -0.2) is 4.39 Å². The molecule has 1 N–H and O–H groups in total. The molecule has 0 aliphatic heterocycles. The SMILES string of the molecule is Cc1nn(CC(C)C(=O)Nc2ccn(Cc3ccccc3F)n2)c(C)c1Cl. The Morgan fingerprint density at radius 1 is 1.26 bits per heavy atom. The van der Waals surface area contributed by atoms with Crippen LogP contribution in [0.3, 0.4) is 0 Å². The van der Waals surface area contributed by atoms with Crippen molar-refractivity contribution in [3.63, 3.8) is 0 Å². The van der Waals surface area contributed by atoms with Gasteiger partial charge in [-0.05, 0) is 19.9 Å². The second-order valence-corrected chi connectivity index (χ2v) is 6.93. The lowest BCUT2D eigenvalue weighted by atomic mass is 10.1. The molecule has 1 atom stereocenters. The third-order valence-corrected chi connectivity index (χ3v) is 4.92. The minimum Gasteiger partial charge on any atom is -0.309 e. The third kappa shape index (κ3) is 4.36. The first-order valence-corrected chi connectivity index (χ1v) is 9.00. The third-order valence-electron chi connectivity index (χ3n) is 4.37. The van der Waals surface area contributed by atoms with Crippen molar-refractivity contribution in [1.82, 2.24) is 19.6 Å². The number of nitrogens with one attached hydrogen (secondary N) is 1. The first kappa shape index (κ1) is 19.1. The van der Waals surface area contributed by atoms with Gasteiger partial charge in [-0.3, -0.25) is 14.2 Å². The maximum Gasteiger partial charge on any atom is 0.230 e. The van der Waals surface area contributed by atoms with Gasteiger partial charge in [0.25, 0.3) is 0 Å². The summed E-state index contributed by atoms with van der Waals surface area (Å²) in [5.41, 5.74) is 2.12. The van der Waals surface area contributed by atoms with Gasteiger partial charge in [0.15, 0.2) is 5.82 Å². The topological polar surface area (TPSA) is 64.7 Å². The molecule has 1 amide bonds. The highest BCUT2D eigenvalue weighted by Gasteiger charge is 2.18. The Balaban J connectivity index is 1.61. The van der Waals surface area contributed by atoms with Crippen LogP contribution in [0.5, 0.6) is 0 Å². The van der Waals surface area contributed by atoms with E-state index in [1.807, 2.05) is 20.8 Å². The molecule has 0 radical (unpaired) electrons. The molecule has 142 valence electrons. The summed E-state index contributed by atoms with van der Waals surface area (Å²) in [6.07, 6.45) is 1.70. The number of carbonyl (C=O) groups excluding carboxylic acids is 1. The molecule has 1 aromatic carbocycles. The van der Waals surface area contributed by atoms with Crippen LogP contribution >= 0.6 is 11.6 Å². The molecule has 27 heavy (non-hydrogen) atoms. The van der Waals surface area contributed by atoms with Gasteiger partial charge in [0.1, 0.15) is 5.82 Å². The van der Waals surface area contributed by atoms with Crippen molar-refractivity contribution >= 4 is 23.3 Å². The number of aromatic nitrogens is 4. The van der Waals surface area contributed by atoms with E-state index < -0.39 is 0 Å². The molecule has 1 unspecified atom stereocenters. The minimum absolute atomic E-state index is 0.171. The molecule has 8 heteroatoms. The number of benzene rings is 1. The molecule has 0 aliphatic carbocycles. The maximum atomic E-state index is 13.7. The Bertz CT molecular complexity index is 965. The number of rotatable bonds is 6. The van der Waals surface area contributed by atoms with Gasteiger partial charge in [0.05, 0.1) is 35.4 Å². The zero-order valence-electron chi connectivity index (χ0n) is 15.4. The maximum absolute atomic E-state index is 13.7. The van der Waals surface area contributed by atoms with Crippen LogP contribution < -0.4 is 5.32 Å². The molecular formula is C19H21ClFN5O. The lowest BCUT2D eigenvalue weighted by Gasteiger charge is -2.12. The van der Waals surface area contributed by atoms with Gasteiger partial charge in [0, 0.05) is 17.8 Å². The average molecular weight is 390 g/mol. The first-order valence-electron chi connectivity index (χ1n) is 8.62. The summed E-state index contributed by atoms with van der Waals surface area (Å²) < 4.78 is 17.1. The van der Waals surface area contributed by atoms with Gasteiger partial charge < -0.3 is 5.32 Å². The van der Waals surface area contributed by atoms with Crippen LogP contribution in [0.25, 0.3) is 0 Å². The molecule has 6 nitrogen and oxygen atoms in total. The Hall–Kier alpha value is -2.67. The number of anilines is 1. The summed E-state index contributed by atoms with van der Waals surface area (Å²) in [6.45, 7) is 6.23. The zero-order valence-corrected chi connectivity index (χ0v) is 16.2. The second kappa shape index (κ2) is 7.92. The monoisotopic (exact) mass is 389 g/mol. The van der Waals surface area contributed by atoms with E-state index in [0.29, 0.717) is 29.5 Å². The normalized spacial score (nSPS) is 12.2. The fourth-order valence-corrected chi connectivity index (χ4v) is 2.90. The summed E-state index contributed by atoms with van der Waals surface area (Å²) in [6, 6.07) is 8.22. The Labute approximate surface area is 161 Å². The average Bonchev–Trinajstić information content (AvgIpc) is 3.17. The second-order valence-electron chi connectivity index (χ2n) is 6.55. The van der Waals surface area contributed by atoms with Gasteiger partial charge >= 0.3 is 0 Å². The number of carbonyl (C=O) groups is 1. The summed E-state index contributed by atoms with van der Waals surface area (Å²) >= 11 is 6.15. The van der Waals surface area contributed by atoms with Gasteiger partial charge in [0.2, 0.25) is 5.91 Å². The highest BCUT2D eigenvalue weighted by Crippen LogP contribution is 2.20. The number of aryl methyl sites for hydroxylation is 1. The number of halogens is 2. The van der Waals surface area contributed by atoms with Crippen LogP contribution in [-0.2, 0) is 17.9 Å². The summed E-state index contributed by atoms with van der Waals surface area (Å²) in [7, 11) is 0. The molecule has 3 aromatic rings. The van der Waals surface area contributed by atoms with Crippen molar-refractivity contribution in [1.29, 1.82) is 0 Å². The highest BCUT2D eigenvalue weighted by molar-refractivity contribution is 6.31. The predicted molar refractivity (Wildman–Crippen MR) is 102 cm³/mol. The fraction of sp³-hybridized carbons (Fsp3) is 0.316. The van der Waals surface area contributed by atoms with Crippen LogP contribution in [0.2, 0.25) is 5.02 Å². The van der Waals surface area contributed by atoms with Crippen molar-refractivity contribution in [3.05, 3.63) is 64.3 Å². The van der Waals surface area contributed by atoms with Gasteiger partial charge in [-0.1, -0.05) is 36.7 Å². The largest absolute Gasteiger partial charge is 0.309 e. The molecule has 0 bridgehead atoms. The van der Waals surface area contributed by atoms with Crippen molar-refractivity contribution in [2.75, 3.05) is 5.32 Å². The summed E-state index contributed by atoms with van der Waals surface area (Å²) in [4.78, 5) is 12.4. The molecule has 2 heterocycles. The quantitative estimate of drug-likeness (QED) is 0.697. The number of amides is 1. The van der Waals surface area contributed by atoms with Gasteiger partial charge in [-0.2, -0.15) is 10.2 Å². The standard InChI is InChI=1S/C19H21ClFN5O/c1-12(10-26-14(3)18(20)13(2)23-26)19(27)22-17-8-9-25(24-17)11-15-6-4-5-7-16(15)21/h4-9,12H,10-11H2,1-3H3,(H,22,24,27). The summed E-state index contributed by atoms with van der Waals surface area (Å²) in [5.74, 6) is -0.351. The first-order chi connectivity index (χ1) is 12.8. The van der Waals surface area contributed by atoms with Crippen molar-refractivity contribution in [2.24, 2.45) is 5.92 Å². The van der Waals surface area contributed by atoms with Crippen molar-refractivity contribution in [3.8, 4) is 0 Å². The van der Waals surface area contributed by atoms with E-state index >= 15 is 0 Å². The van der Waals surface area contributed by atoms with E-state index in [-0.39, 0.29) is 17.6 Å².